The summed E-state index contributed by atoms with van der Waals surface area (Å²) < 4.78 is 0. The highest BCUT2D eigenvalue weighted by molar-refractivity contribution is 7.97. The van der Waals surface area contributed by atoms with Crippen LogP contribution in [0.4, 0.5) is 5.69 Å². The Balaban J connectivity index is 0.00000274. The minimum absolute atomic E-state index is 0. The van der Waals surface area contributed by atoms with E-state index >= 15 is 0 Å². The molecule has 0 aromatic heterocycles. The predicted octanol–water partition coefficient (Wildman–Crippen LogP) is 1.20. The van der Waals surface area contributed by atoms with Crippen LogP contribution in [-0.2, 0) is 4.79 Å². The molecule has 0 aliphatic carbocycles. The summed E-state index contributed by atoms with van der Waals surface area (Å²) in [5.74, 6) is -0.370. The highest BCUT2D eigenvalue weighted by Gasteiger charge is 2.58. The number of nitrogens with zero attached hydrogens (tertiary/aromatic N) is 1. The molecule has 2 N–H and O–H groups in total. The fourth-order valence-electron chi connectivity index (χ4n) is 4.94. The third-order valence-corrected chi connectivity index (χ3v) is 11.2. The maximum absolute atomic E-state index is 14.1. The molecule has 0 saturated carbocycles. The smallest absolute Gasteiger partial charge is 0.268 e. The Hall–Kier alpha value is -3.14. The van der Waals surface area contributed by atoms with Crippen molar-refractivity contribution in [1.29, 1.82) is 0 Å². The van der Waals surface area contributed by atoms with Gasteiger partial charge in [0.1, 0.15) is 23.2 Å². The summed E-state index contributed by atoms with van der Waals surface area (Å²) in [4.78, 5) is 15.8. The summed E-state index contributed by atoms with van der Waals surface area (Å²) in [6.07, 6.45) is 0.701. The van der Waals surface area contributed by atoms with E-state index in [-0.39, 0.29) is 40.0 Å². The molecule has 1 heterocycles. The summed E-state index contributed by atoms with van der Waals surface area (Å²) in [5.41, 5.74) is 0.366. The van der Waals surface area contributed by atoms with Gasteiger partial charge in [0.05, 0.1) is 0 Å². The number of phenols is 2. The van der Waals surface area contributed by atoms with Crippen LogP contribution in [0.3, 0.4) is 0 Å². The van der Waals surface area contributed by atoms with Crippen molar-refractivity contribution >= 4 is 34.8 Å². The van der Waals surface area contributed by atoms with Crippen LogP contribution in [-0.4, -0.2) is 28.3 Å². The standard InChI is InChI=1S/C28H24NO3P.BrH/c30-25-17-16-21(20-26(25)31)29-19-18-27(28(29)32)33(22-10-4-1-5-11-22,23-12-6-2-7-13-23)24-14-8-3-9-15-24;/h1-17,20,27H,18-19H2,(H-,30,31);1H. The van der Waals surface area contributed by atoms with Gasteiger partial charge in [-0.25, -0.2) is 0 Å². The number of hydrogen-bond acceptors (Lipinski definition) is 3. The zero-order chi connectivity index (χ0) is 22.8. The molecule has 1 aliphatic rings. The first-order valence-electron chi connectivity index (χ1n) is 11.0. The number of anilines is 1. The largest absolute Gasteiger partial charge is 1.00 e. The topological polar surface area (TPSA) is 60.8 Å². The zero-order valence-corrected chi connectivity index (χ0v) is 20.9. The van der Waals surface area contributed by atoms with Crippen LogP contribution in [0.1, 0.15) is 6.42 Å². The molecule has 34 heavy (non-hydrogen) atoms. The highest BCUT2D eigenvalue weighted by Crippen LogP contribution is 2.62. The number of hydrogen-bond donors (Lipinski definition) is 2. The van der Waals surface area contributed by atoms with Crippen molar-refractivity contribution in [3.8, 4) is 11.5 Å². The maximum Gasteiger partial charge on any atom is 0.268 e. The van der Waals surface area contributed by atoms with Gasteiger partial charge in [0.15, 0.2) is 17.2 Å². The highest BCUT2D eigenvalue weighted by atomic mass is 79.9. The predicted molar refractivity (Wildman–Crippen MR) is 136 cm³/mol. The van der Waals surface area contributed by atoms with E-state index in [1.165, 1.54) is 28.0 Å². The number of rotatable bonds is 5. The summed E-state index contributed by atoms with van der Waals surface area (Å²) in [5, 5.41) is 23.3. The van der Waals surface area contributed by atoms with Crippen LogP contribution >= 0.6 is 7.26 Å². The van der Waals surface area contributed by atoms with Crippen molar-refractivity contribution in [3.63, 3.8) is 0 Å². The van der Waals surface area contributed by atoms with E-state index in [0.717, 1.165) is 0 Å². The number of halogens is 1. The minimum Gasteiger partial charge on any atom is -1.00 e. The van der Waals surface area contributed by atoms with E-state index in [1.807, 2.05) is 54.6 Å². The first-order valence-corrected chi connectivity index (χ1v) is 12.9. The molecule has 1 aliphatic heterocycles. The molecule has 5 rings (SSSR count). The van der Waals surface area contributed by atoms with Gasteiger partial charge in [-0.05, 0) is 48.5 Å². The molecule has 0 bridgehead atoms. The number of benzene rings is 4. The molecule has 1 saturated heterocycles. The third kappa shape index (κ3) is 4.00. The van der Waals surface area contributed by atoms with Crippen molar-refractivity contribution in [3.05, 3.63) is 109 Å². The average Bonchev–Trinajstić information content (AvgIpc) is 3.25. The molecule has 1 unspecified atom stereocenters. The zero-order valence-electron chi connectivity index (χ0n) is 18.5. The molecule has 4 nitrogen and oxygen atoms in total. The van der Waals surface area contributed by atoms with E-state index < -0.39 is 7.26 Å². The van der Waals surface area contributed by atoms with Crippen LogP contribution in [0.15, 0.2) is 109 Å². The lowest BCUT2D eigenvalue weighted by molar-refractivity contribution is -0.116. The lowest BCUT2D eigenvalue weighted by Crippen LogP contribution is -3.00. The molecule has 0 radical (unpaired) electrons. The van der Waals surface area contributed by atoms with E-state index in [9.17, 15) is 15.0 Å². The molecule has 0 spiro atoms. The van der Waals surface area contributed by atoms with Crippen LogP contribution in [0, 0.1) is 0 Å². The number of carbonyl (C=O) groups excluding carboxylic acids is 1. The minimum atomic E-state index is -2.34. The summed E-state index contributed by atoms with van der Waals surface area (Å²) >= 11 is 0. The van der Waals surface area contributed by atoms with Gasteiger partial charge in [-0.3, -0.25) is 4.79 Å². The van der Waals surface area contributed by atoms with Gasteiger partial charge in [-0.2, -0.15) is 0 Å². The van der Waals surface area contributed by atoms with Crippen molar-refractivity contribution in [1.82, 2.24) is 0 Å². The van der Waals surface area contributed by atoms with E-state index in [1.54, 1.807) is 11.0 Å². The van der Waals surface area contributed by atoms with Crippen LogP contribution < -0.4 is 37.8 Å². The van der Waals surface area contributed by atoms with Gasteiger partial charge in [0, 0.05) is 24.7 Å². The van der Waals surface area contributed by atoms with Crippen molar-refractivity contribution in [2.45, 2.75) is 12.1 Å². The molecule has 1 atom stereocenters. The fourth-order valence-corrected chi connectivity index (χ4v) is 9.81. The first-order chi connectivity index (χ1) is 16.1. The van der Waals surface area contributed by atoms with Crippen molar-refractivity contribution < 1.29 is 32.0 Å². The number of phenolic OH excluding ortho intramolecular Hbond substituents is 2. The Kier molecular flexibility index (Phi) is 7.06. The second-order valence-electron chi connectivity index (χ2n) is 8.20. The van der Waals surface area contributed by atoms with Gasteiger partial charge >= 0.3 is 0 Å². The molecule has 6 heteroatoms. The van der Waals surface area contributed by atoms with Crippen LogP contribution in [0.5, 0.6) is 11.5 Å². The number of amides is 1. The Labute approximate surface area is 210 Å². The van der Waals surface area contributed by atoms with Gasteiger partial charge in [0.25, 0.3) is 5.91 Å². The van der Waals surface area contributed by atoms with Crippen molar-refractivity contribution in [2.75, 3.05) is 11.4 Å². The van der Waals surface area contributed by atoms with Crippen LogP contribution in [0.25, 0.3) is 0 Å². The molecular formula is C28H25BrNO3P. The Morgan fingerprint density at radius 3 is 1.59 bits per heavy atom. The Morgan fingerprint density at radius 1 is 0.676 bits per heavy atom. The normalized spacial score (nSPS) is 15.7. The molecular weight excluding hydrogens is 509 g/mol. The fraction of sp³-hybridized carbons (Fsp3) is 0.107. The average molecular weight is 534 g/mol. The molecule has 4 aromatic carbocycles. The third-order valence-electron chi connectivity index (χ3n) is 6.41. The van der Waals surface area contributed by atoms with E-state index in [2.05, 4.69) is 36.4 Å². The second-order valence-corrected chi connectivity index (χ2v) is 11.8. The van der Waals surface area contributed by atoms with Gasteiger partial charge in [-0.1, -0.05) is 54.6 Å². The lowest BCUT2D eigenvalue weighted by Gasteiger charge is -2.32. The molecule has 4 aromatic rings. The monoisotopic (exact) mass is 533 g/mol. The lowest BCUT2D eigenvalue weighted by atomic mass is 10.2. The van der Waals surface area contributed by atoms with Gasteiger partial charge in [0.2, 0.25) is 0 Å². The van der Waals surface area contributed by atoms with Crippen molar-refractivity contribution in [2.24, 2.45) is 0 Å². The summed E-state index contributed by atoms with van der Waals surface area (Å²) in [6, 6.07) is 35.8. The summed E-state index contributed by atoms with van der Waals surface area (Å²) in [6.45, 7) is 0.558. The van der Waals surface area contributed by atoms with E-state index in [4.69, 9.17) is 0 Å². The number of carbonyl (C=O) groups is 1. The molecule has 1 amide bonds. The van der Waals surface area contributed by atoms with Gasteiger partial charge < -0.3 is 32.1 Å². The number of aromatic hydroxyl groups is 2. The molecule has 172 valence electrons. The first kappa shape index (κ1) is 24.0. The Bertz CT molecular complexity index is 1170. The summed E-state index contributed by atoms with van der Waals surface area (Å²) in [7, 11) is -2.34. The Morgan fingerprint density at radius 2 is 1.15 bits per heavy atom. The van der Waals surface area contributed by atoms with Crippen LogP contribution in [0.2, 0.25) is 0 Å². The van der Waals surface area contributed by atoms with E-state index in [0.29, 0.717) is 18.7 Å². The second kappa shape index (κ2) is 10.0. The quantitative estimate of drug-likeness (QED) is 0.299. The molecule has 1 fully saturated rings. The van der Waals surface area contributed by atoms with Gasteiger partial charge in [-0.15, -0.1) is 0 Å². The SMILES string of the molecule is O=C1C([P+](c2ccccc2)(c2ccccc2)c2ccccc2)CCN1c1ccc(O)c(O)c1.[Br-]. The maximum atomic E-state index is 14.1.